The highest BCUT2D eigenvalue weighted by atomic mass is 32.1. The molecule has 16 heavy (non-hydrogen) atoms. The first kappa shape index (κ1) is 13.0. The molecule has 0 radical (unpaired) electrons. The zero-order chi connectivity index (χ0) is 11.8. The molecule has 0 unspecified atom stereocenters. The number of carboxylic acids is 1. The van der Waals surface area contributed by atoms with Gasteiger partial charge in [0.25, 0.3) is 0 Å². The summed E-state index contributed by atoms with van der Waals surface area (Å²) in [6.45, 7) is 1.80. The summed E-state index contributed by atoms with van der Waals surface area (Å²) in [5, 5.41) is 10.5. The number of ether oxygens (including phenoxy) is 3. The van der Waals surface area contributed by atoms with Gasteiger partial charge in [-0.3, -0.25) is 0 Å². The Morgan fingerprint density at radius 1 is 1.38 bits per heavy atom. The first-order valence-electron chi connectivity index (χ1n) is 4.76. The highest BCUT2D eigenvalue weighted by Gasteiger charge is 2.12. The number of thiophene rings is 1. The number of carbonyl (C=O) groups is 1. The van der Waals surface area contributed by atoms with Gasteiger partial charge >= 0.3 is 5.97 Å². The van der Waals surface area contributed by atoms with Gasteiger partial charge in [-0.2, -0.15) is 0 Å². The van der Waals surface area contributed by atoms with E-state index in [9.17, 15) is 4.79 Å². The molecule has 0 fully saturated rings. The van der Waals surface area contributed by atoms with Crippen LogP contribution in [-0.2, 0) is 9.47 Å². The summed E-state index contributed by atoms with van der Waals surface area (Å²) < 4.78 is 15.3. The lowest BCUT2D eigenvalue weighted by Gasteiger charge is -2.06. The van der Waals surface area contributed by atoms with Crippen LogP contribution >= 0.6 is 11.3 Å². The smallest absolute Gasteiger partial charge is 0.349 e. The van der Waals surface area contributed by atoms with Gasteiger partial charge in [-0.1, -0.05) is 0 Å². The van der Waals surface area contributed by atoms with Gasteiger partial charge in [0.15, 0.2) is 4.88 Å². The van der Waals surface area contributed by atoms with Crippen LogP contribution in [0.5, 0.6) is 5.75 Å². The predicted molar refractivity (Wildman–Crippen MR) is 59.5 cm³/mol. The number of methoxy groups -OCH3 is 1. The SMILES string of the molecule is COCCOCCOc1ccsc1C(=O)O. The number of rotatable bonds is 8. The Balaban J connectivity index is 2.21. The van der Waals surface area contributed by atoms with E-state index in [0.29, 0.717) is 32.2 Å². The van der Waals surface area contributed by atoms with E-state index in [0.717, 1.165) is 11.3 Å². The van der Waals surface area contributed by atoms with Crippen LogP contribution in [0.2, 0.25) is 0 Å². The topological polar surface area (TPSA) is 65.0 Å². The minimum atomic E-state index is -0.967. The van der Waals surface area contributed by atoms with Crippen LogP contribution in [-0.4, -0.2) is 44.6 Å². The fourth-order valence-corrected chi connectivity index (χ4v) is 1.69. The van der Waals surface area contributed by atoms with E-state index < -0.39 is 5.97 Å². The van der Waals surface area contributed by atoms with Crippen molar-refractivity contribution in [3.8, 4) is 5.75 Å². The lowest BCUT2D eigenvalue weighted by molar-refractivity contribution is 0.0537. The van der Waals surface area contributed by atoms with Crippen molar-refractivity contribution in [2.75, 3.05) is 33.5 Å². The highest BCUT2D eigenvalue weighted by molar-refractivity contribution is 7.12. The fraction of sp³-hybridized carbons (Fsp3) is 0.500. The summed E-state index contributed by atoms with van der Waals surface area (Å²) in [7, 11) is 1.60. The van der Waals surface area contributed by atoms with Gasteiger partial charge in [-0.15, -0.1) is 11.3 Å². The molecule has 1 heterocycles. The predicted octanol–water partition coefficient (Wildman–Crippen LogP) is 1.49. The number of hydrogen-bond acceptors (Lipinski definition) is 5. The maximum absolute atomic E-state index is 10.7. The van der Waals surface area contributed by atoms with Crippen molar-refractivity contribution in [3.63, 3.8) is 0 Å². The molecule has 1 aromatic rings. The van der Waals surface area contributed by atoms with Crippen LogP contribution in [0.3, 0.4) is 0 Å². The van der Waals surface area contributed by atoms with Crippen molar-refractivity contribution >= 4 is 17.3 Å². The van der Waals surface area contributed by atoms with Gasteiger partial charge in [-0.25, -0.2) is 4.79 Å². The molecule has 0 bridgehead atoms. The quantitative estimate of drug-likeness (QED) is 0.704. The Hall–Kier alpha value is -1.11. The van der Waals surface area contributed by atoms with Crippen molar-refractivity contribution in [3.05, 3.63) is 16.3 Å². The van der Waals surface area contributed by atoms with Crippen molar-refractivity contribution in [2.24, 2.45) is 0 Å². The van der Waals surface area contributed by atoms with E-state index in [1.165, 1.54) is 0 Å². The Morgan fingerprint density at radius 2 is 2.12 bits per heavy atom. The number of aromatic carboxylic acids is 1. The summed E-state index contributed by atoms with van der Waals surface area (Å²) in [6.07, 6.45) is 0. The van der Waals surface area contributed by atoms with Crippen LogP contribution in [0.1, 0.15) is 9.67 Å². The van der Waals surface area contributed by atoms with Crippen LogP contribution in [0, 0.1) is 0 Å². The second-order valence-corrected chi connectivity index (χ2v) is 3.79. The highest BCUT2D eigenvalue weighted by Crippen LogP contribution is 2.24. The monoisotopic (exact) mass is 246 g/mol. The number of carboxylic acid groups (broad SMARTS) is 1. The summed E-state index contributed by atoms with van der Waals surface area (Å²) in [4.78, 5) is 11.0. The molecule has 5 nitrogen and oxygen atoms in total. The lowest BCUT2D eigenvalue weighted by atomic mass is 10.4. The van der Waals surface area contributed by atoms with Crippen molar-refractivity contribution in [2.45, 2.75) is 0 Å². The Bertz CT molecular complexity index is 323. The van der Waals surface area contributed by atoms with E-state index in [1.54, 1.807) is 18.6 Å². The third kappa shape index (κ3) is 4.18. The molecule has 0 spiro atoms. The molecule has 0 aromatic carbocycles. The molecule has 0 saturated heterocycles. The zero-order valence-electron chi connectivity index (χ0n) is 8.97. The van der Waals surface area contributed by atoms with Crippen molar-refractivity contribution in [1.82, 2.24) is 0 Å². The first-order valence-corrected chi connectivity index (χ1v) is 5.64. The average Bonchev–Trinajstić information content (AvgIpc) is 2.71. The van der Waals surface area contributed by atoms with Crippen molar-refractivity contribution < 1.29 is 24.1 Å². The molecular formula is C10H14O5S. The second-order valence-electron chi connectivity index (χ2n) is 2.87. The molecule has 90 valence electrons. The van der Waals surface area contributed by atoms with Gasteiger partial charge in [0, 0.05) is 7.11 Å². The third-order valence-electron chi connectivity index (χ3n) is 1.74. The maximum Gasteiger partial charge on any atom is 0.349 e. The molecule has 1 rings (SSSR count). The largest absolute Gasteiger partial charge is 0.489 e. The van der Waals surface area contributed by atoms with Crippen LogP contribution in [0.25, 0.3) is 0 Å². The molecule has 0 saturated carbocycles. The lowest BCUT2D eigenvalue weighted by Crippen LogP contribution is -2.10. The molecule has 0 aliphatic rings. The van der Waals surface area contributed by atoms with E-state index in [2.05, 4.69) is 0 Å². The van der Waals surface area contributed by atoms with Gasteiger partial charge < -0.3 is 19.3 Å². The molecule has 0 aliphatic carbocycles. The van der Waals surface area contributed by atoms with Crippen LogP contribution in [0.15, 0.2) is 11.4 Å². The minimum absolute atomic E-state index is 0.219. The fourth-order valence-electron chi connectivity index (χ4n) is 1.02. The minimum Gasteiger partial charge on any atom is -0.489 e. The number of hydrogen-bond donors (Lipinski definition) is 1. The molecule has 0 atom stereocenters. The zero-order valence-corrected chi connectivity index (χ0v) is 9.79. The maximum atomic E-state index is 10.7. The second kappa shape index (κ2) is 7.21. The summed E-state index contributed by atoms with van der Waals surface area (Å²) in [6, 6.07) is 1.64. The molecule has 0 aliphatic heterocycles. The summed E-state index contributed by atoms with van der Waals surface area (Å²) in [5.74, 6) is -0.571. The van der Waals surface area contributed by atoms with Crippen LogP contribution in [0.4, 0.5) is 0 Å². The van der Waals surface area contributed by atoms with Crippen molar-refractivity contribution in [1.29, 1.82) is 0 Å². The Morgan fingerprint density at radius 3 is 2.81 bits per heavy atom. The van der Waals surface area contributed by atoms with Gasteiger partial charge in [0.05, 0.1) is 19.8 Å². The van der Waals surface area contributed by atoms with Gasteiger partial charge in [0.1, 0.15) is 12.4 Å². The standard InChI is InChI=1S/C10H14O5S/c1-13-3-4-14-5-6-15-8-2-7-16-9(8)10(11)12/h2,7H,3-6H2,1H3,(H,11,12). The molecular weight excluding hydrogens is 232 g/mol. The van der Waals surface area contributed by atoms with E-state index in [1.807, 2.05) is 0 Å². The first-order chi connectivity index (χ1) is 7.75. The molecule has 0 amide bonds. The van der Waals surface area contributed by atoms with Gasteiger partial charge in [-0.05, 0) is 11.4 Å². The normalized spacial score (nSPS) is 10.3. The van der Waals surface area contributed by atoms with E-state index in [-0.39, 0.29) is 4.88 Å². The van der Waals surface area contributed by atoms with Crippen LogP contribution < -0.4 is 4.74 Å². The summed E-state index contributed by atoms with van der Waals surface area (Å²) in [5.41, 5.74) is 0. The van der Waals surface area contributed by atoms with Gasteiger partial charge in [0.2, 0.25) is 0 Å². The Labute approximate surface area is 97.6 Å². The Kier molecular flexibility index (Phi) is 5.84. The molecule has 1 aromatic heterocycles. The molecule has 6 heteroatoms. The summed E-state index contributed by atoms with van der Waals surface area (Å²) >= 11 is 1.14. The average molecular weight is 246 g/mol. The third-order valence-corrected chi connectivity index (χ3v) is 2.62. The van der Waals surface area contributed by atoms with E-state index >= 15 is 0 Å². The molecule has 1 N–H and O–H groups in total. The van der Waals surface area contributed by atoms with E-state index in [4.69, 9.17) is 19.3 Å².